The van der Waals surface area contributed by atoms with Crippen LogP contribution in [0.1, 0.15) is 6.42 Å². The van der Waals surface area contributed by atoms with Crippen molar-refractivity contribution in [2.75, 3.05) is 16.8 Å². The number of hydrogen-bond donors (Lipinski definition) is 2. The van der Waals surface area contributed by atoms with Crippen molar-refractivity contribution < 1.29 is 9.59 Å². The van der Waals surface area contributed by atoms with Gasteiger partial charge in [-0.05, 0) is 42.5 Å². The maximum atomic E-state index is 12.2. The van der Waals surface area contributed by atoms with Crippen LogP contribution in [-0.2, 0) is 4.79 Å². The van der Waals surface area contributed by atoms with Gasteiger partial charge in [0.1, 0.15) is 0 Å². The number of anilines is 2. The van der Waals surface area contributed by atoms with Crippen molar-refractivity contribution in [1.29, 1.82) is 0 Å². The van der Waals surface area contributed by atoms with Crippen LogP contribution in [0.3, 0.4) is 0 Å². The third-order valence-electron chi connectivity index (χ3n) is 3.68. The van der Waals surface area contributed by atoms with Gasteiger partial charge in [0.2, 0.25) is 5.91 Å². The van der Waals surface area contributed by atoms with Gasteiger partial charge < -0.3 is 15.5 Å². The van der Waals surface area contributed by atoms with Crippen molar-refractivity contribution in [2.45, 2.75) is 12.5 Å². The Labute approximate surface area is 153 Å². The van der Waals surface area contributed by atoms with Crippen LogP contribution in [0.15, 0.2) is 53.0 Å². The highest BCUT2D eigenvalue weighted by Crippen LogP contribution is 2.23. The molecule has 1 atom stereocenters. The summed E-state index contributed by atoms with van der Waals surface area (Å²) < 4.78 is 0.880. The topological polar surface area (TPSA) is 61.4 Å². The second kappa shape index (κ2) is 7.23. The fourth-order valence-electron chi connectivity index (χ4n) is 2.59. The third-order valence-corrected chi connectivity index (χ3v) is 4.43. The van der Waals surface area contributed by atoms with Crippen LogP contribution in [0.4, 0.5) is 16.2 Å². The largest absolute Gasteiger partial charge is 0.333 e. The second-order valence-electron chi connectivity index (χ2n) is 5.49. The number of nitrogens with zero attached hydrogens (tertiary/aromatic N) is 1. The van der Waals surface area contributed by atoms with Gasteiger partial charge in [0.05, 0.1) is 6.04 Å². The lowest BCUT2D eigenvalue weighted by atomic mass is 10.2. The van der Waals surface area contributed by atoms with Crippen LogP contribution >= 0.6 is 27.5 Å². The van der Waals surface area contributed by atoms with Gasteiger partial charge in [0, 0.05) is 33.8 Å². The van der Waals surface area contributed by atoms with Gasteiger partial charge in [0.25, 0.3) is 0 Å². The molecule has 2 N–H and O–H groups in total. The number of benzene rings is 2. The molecule has 1 heterocycles. The molecule has 5 nitrogen and oxygen atoms in total. The molecular formula is C17H15BrClN3O2. The third kappa shape index (κ3) is 4.07. The van der Waals surface area contributed by atoms with E-state index in [1.807, 2.05) is 12.1 Å². The quantitative estimate of drug-likeness (QED) is 0.805. The summed E-state index contributed by atoms with van der Waals surface area (Å²) in [6.45, 7) is 0.437. The number of carbonyl (C=O) groups is 2. The zero-order valence-corrected chi connectivity index (χ0v) is 15.0. The van der Waals surface area contributed by atoms with E-state index in [2.05, 4.69) is 26.6 Å². The first-order valence-electron chi connectivity index (χ1n) is 7.40. The van der Waals surface area contributed by atoms with Gasteiger partial charge in [-0.2, -0.15) is 0 Å². The normalized spacial score (nSPS) is 17.0. The number of rotatable bonds is 3. The lowest BCUT2D eigenvalue weighted by Gasteiger charge is -2.17. The molecule has 0 aromatic heterocycles. The standard InChI is InChI=1S/C17H15BrClN3O2/c18-11-2-1-3-13(8-11)20-17(24)21-14-9-16(23)22(10-14)15-6-4-12(19)5-7-15/h1-8,14H,9-10H2,(H2,20,21,24)/t14-/m1/s1. The van der Waals surface area contributed by atoms with Crippen molar-refractivity contribution in [3.8, 4) is 0 Å². The minimum atomic E-state index is -0.330. The molecular weight excluding hydrogens is 394 g/mol. The van der Waals surface area contributed by atoms with Crippen LogP contribution in [0.5, 0.6) is 0 Å². The average Bonchev–Trinajstić information content (AvgIpc) is 2.88. The summed E-state index contributed by atoms with van der Waals surface area (Å²) in [4.78, 5) is 25.9. The number of halogens is 2. The molecule has 1 saturated heterocycles. The molecule has 0 aliphatic carbocycles. The molecule has 3 rings (SSSR count). The second-order valence-corrected chi connectivity index (χ2v) is 6.84. The predicted molar refractivity (Wildman–Crippen MR) is 98.5 cm³/mol. The van der Waals surface area contributed by atoms with E-state index in [9.17, 15) is 9.59 Å². The van der Waals surface area contributed by atoms with Gasteiger partial charge in [-0.3, -0.25) is 4.79 Å². The monoisotopic (exact) mass is 407 g/mol. The van der Waals surface area contributed by atoms with Gasteiger partial charge >= 0.3 is 6.03 Å². The lowest BCUT2D eigenvalue weighted by molar-refractivity contribution is -0.117. The minimum Gasteiger partial charge on any atom is -0.333 e. The summed E-state index contributed by atoms with van der Waals surface area (Å²) in [6, 6.07) is 13.8. The number of nitrogens with one attached hydrogen (secondary N) is 2. The summed E-state index contributed by atoms with van der Waals surface area (Å²) in [5, 5.41) is 6.21. The molecule has 3 amide bonds. The molecule has 2 aromatic carbocycles. The first-order chi connectivity index (χ1) is 11.5. The summed E-state index contributed by atoms with van der Waals surface area (Å²) in [5.74, 6) is -0.0231. The van der Waals surface area contributed by atoms with Crippen LogP contribution in [0, 0.1) is 0 Å². The van der Waals surface area contributed by atoms with E-state index in [1.54, 1.807) is 41.3 Å². The van der Waals surface area contributed by atoms with Gasteiger partial charge in [-0.1, -0.05) is 33.6 Å². The summed E-state index contributed by atoms with van der Waals surface area (Å²) >= 11 is 9.22. The molecule has 1 aliphatic rings. The minimum absolute atomic E-state index is 0.0231. The summed E-state index contributed by atoms with van der Waals surface area (Å²) in [5.41, 5.74) is 1.46. The molecule has 0 unspecified atom stereocenters. The van der Waals surface area contributed by atoms with E-state index in [4.69, 9.17) is 11.6 Å². The molecule has 7 heteroatoms. The van der Waals surface area contributed by atoms with E-state index >= 15 is 0 Å². The Morgan fingerprint density at radius 3 is 2.67 bits per heavy atom. The van der Waals surface area contributed by atoms with Gasteiger partial charge in [0.15, 0.2) is 0 Å². The van der Waals surface area contributed by atoms with Crippen LogP contribution in [0.2, 0.25) is 5.02 Å². The van der Waals surface area contributed by atoms with Crippen molar-refractivity contribution in [2.24, 2.45) is 0 Å². The molecule has 0 spiro atoms. The summed E-state index contributed by atoms with van der Waals surface area (Å²) in [7, 11) is 0. The molecule has 0 saturated carbocycles. The Morgan fingerprint density at radius 2 is 1.96 bits per heavy atom. The highest BCUT2D eigenvalue weighted by Gasteiger charge is 2.31. The Bertz CT molecular complexity index is 767. The fourth-order valence-corrected chi connectivity index (χ4v) is 3.12. The Morgan fingerprint density at radius 1 is 1.21 bits per heavy atom. The SMILES string of the molecule is O=C(Nc1cccc(Br)c1)N[C@@H]1CC(=O)N(c2ccc(Cl)cc2)C1. The predicted octanol–water partition coefficient (Wildman–Crippen LogP) is 4.03. The molecule has 0 bridgehead atoms. The van der Waals surface area contributed by atoms with Crippen LogP contribution in [0.25, 0.3) is 0 Å². The molecule has 1 aliphatic heterocycles. The molecule has 0 radical (unpaired) electrons. The summed E-state index contributed by atoms with van der Waals surface area (Å²) in [6.07, 6.45) is 0.272. The van der Waals surface area contributed by atoms with Crippen molar-refractivity contribution in [1.82, 2.24) is 5.32 Å². The van der Waals surface area contributed by atoms with E-state index < -0.39 is 0 Å². The van der Waals surface area contributed by atoms with Gasteiger partial charge in [-0.25, -0.2) is 4.79 Å². The Hall–Kier alpha value is -2.05. The van der Waals surface area contributed by atoms with E-state index in [0.717, 1.165) is 10.2 Å². The van der Waals surface area contributed by atoms with Crippen molar-refractivity contribution >= 4 is 50.8 Å². The number of hydrogen-bond acceptors (Lipinski definition) is 2. The van der Waals surface area contributed by atoms with E-state index in [-0.39, 0.29) is 24.4 Å². The Balaban J connectivity index is 1.59. The first-order valence-corrected chi connectivity index (χ1v) is 8.57. The van der Waals surface area contributed by atoms with Crippen LogP contribution in [-0.4, -0.2) is 24.5 Å². The highest BCUT2D eigenvalue weighted by atomic mass is 79.9. The number of amides is 3. The van der Waals surface area contributed by atoms with Crippen LogP contribution < -0.4 is 15.5 Å². The van der Waals surface area contributed by atoms with Gasteiger partial charge in [-0.15, -0.1) is 0 Å². The first kappa shape index (κ1) is 16.8. The molecule has 1 fully saturated rings. The maximum absolute atomic E-state index is 12.2. The fraction of sp³-hybridized carbons (Fsp3) is 0.176. The average molecular weight is 409 g/mol. The lowest BCUT2D eigenvalue weighted by Crippen LogP contribution is -2.39. The molecule has 124 valence electrons. The highest BCUT2D eigenvalue weighted by molar-refractivity contribution is 9.10. The molecule has 2 aromatic rings. The maximum Gasteiger partial charge on any atom is 0.319 e. The van der Waals surface area contributed by atoms with E-state index in [1.165, 1.54) is 0 Å². The number of carbonyl (C=O) groups excluding carboxylic acids is 2. The number of urea groups is 1. The van der Waals surface area contributed by atoms with Crippen molar-refractivity contribution in [3.05, 3.63) is 58.0 Å². The zero-order chi connectivity index (χ0) is 17.1. The van der Waals surface area contributed by atoms with E-state index in [0.29, 0.717) is 17.3 Å². The molecule has 24 heavy (non-hydrogen) atoms. The van der Waals surface area contributed by atoms with Crippen molar-refractivity contribution in [3.63, 3.8) is 0 Å². The smallest absolute Gasteiger partial charge is 0.319 e. The Kier molecular flexibility index (Phi) is 5.06. The zero-order valence-electron chi connectivity index (χ0n) is 12.6.